The van der Waals surface area contributed by atoms with Gasteiger partial charge in [-0.25, -0.2) is 4.98 Å². The highest BCUT2D eigenvalue weighted by molar-refractivity contribution is 5.77. The minimum absolute atomic E-state index is 0.479. The summed E-state index contributed by atoms with van der Waals surface area (Å²) >= 11 is 0. The van der Waals surface area contributed by atoms with Crippen molar-refractivity contribution >= 4 is 11.0 Å². The van der Waals surface area contributed by atoms with Crippen LogP contribution in [0.4, 0.5) is 0 Å². The number of nitrogens with one attached hydrogen (secondary N) is 1. The van der Waals surface area contributed by atoms with Gasteiger partial charge in [0, 0.05) is 5.92 Å². The highest BCUT2D eigenvalue weighted by atomic mass is 14.9. The van der Waals surface area contributed by atoms with Crippen molar-refractivity contribution in [2.75, 3.05) is 0 Å². The topological polar surface area (TPSA) is 28.7 Å². The minimum atomic E-state index is 0.479. The van der Waals surface area contributed by atoms with Gasteiger partial charge in [-0.05, 0) is 42.5 Å². The minimum Gasteiger partial charge on any atom is -0.342 e. The van der Waals surface area contributed by atoms with Gasteiger partial charge in [-0.3, -0.25) is 0 Å². The number of fused-ring (bicyclic) bond motifs is 2. The summed E-state index contributed by atoms with van der Waals surface area (Å²) in [7, 11) is 0. The van der Waals surface area contributed by atoms with Gasteiger partial charge in [-0.15, -0.1) is 0 Å². The molecule has 1 aliphatic rings. The Morgan fingerprint density at radius 3 is 2.67 bits per heavy atom. The number of imidazole rings is 1. The van der Waals surface area contributed by atoms with Crippen LogP contribution in [0.2, 0.25) is 0 Å². The van der Waals surface area contributed by atoms with E-state index in [0.29, 0.717) is 5.92 Å². The van der Waals surface area contributed by atoms with Crippen LogP contribution in [0.5, 0.6) is 0 Å². The fourth-order valence-corrected chi connectivity index (χ4v) is 2.37. The fraction of sp³-hybridized carbons (Fsp3) is 0.462. The van der Waals surface area contributed by atoms with Gasteiger partial charge in [0.15, 0.2) is 0 Å². The van der Waals surface area contributed by atoms with Gasteiger partial charge in [0.2, 0.25) is 0 Å². The molecular weight excluding hydrogens is 184 g/mol. The standard InChI is InChI=1S/C13H16N2/c1-8(2)13-14-11-6-9-4-3-5-10(9)7-12(11)15-13/h6-8H,3-5H2,1-2H3,(H,14,15). The third-order valence-corrected chi connectivity index (χ3v) is 3.26. The normalized spacial score (nSPS) is 15.1. The summed E-state index contributed by atoms with van der Waals surface area (Å²) in [5, 5.41) is 0. The Hall–Kier alpha value is -1.31. The van der Waals surface area contributed by atoms with Crippen LogP contribution in [0.25, 0.3) is 11.0 Å². The van der Waals surface area contributed by atoms with Crippen LogP contribution < -0.4 is 0 Å². The molecule has 0 amide bonds. The Kier molecular flexibility index (Phi) is 1.84. The lowest BCUT2D eigenvalue weighted by atomic mass is 10.1. The van der Waals surface area contributed by atoms with E-state index in [9.17, 15) is 0 Å². The smallest absolute Gasteiger partial charge is 0.109 e. The molecule has 78 valence electrons. The SMILES string of the molecule is CC(C)c1nc2cc3c(cc2[nH]1)CCC3. The van der Waals surface area contributed by atoms with Crippen molar-refractivity contribution in [3.8, 4) is 0 Å². The average molecular weight is 200 g/mol. The number of hydrogen-bond donors (Lipinski definition) is 1. The van der Waals surface area contributed by atoms with E-state index in [2.05, 4.69) is 35.9 Å². The summed E-state index contributed by atoms with van der Waals surface area (Å²) in [5.41, 5.74) is 5.37. The zero-order chi connectivity index (χ0) is 10.4. The van der Waals surface area contributed by atoms with Crippen LogP contribution >= 0.6 is 0 Å². The van der Waals surface area contributed by atoms with Crippen LogP contribution in [0.3, 0.4) is 0 Å². The van der Waals surface area contributed by atoms with Crippen molar-refractivity contribution in [2.24, 2.45) is 0 Å². The van der Waals surface area contributed by atoms with E-state index in [4.69, 9.17) is 0 Å². The highest BCUT2D eigenvalue weighted by Crippen LogP contribution is 2.27. The van der Waals surface area contributed by atoms with Crippen LogP contribution in [0.15, 0.2) is 12.1 Å². The molecule has 1 heterocycles. The predicted octanol–water partition coefficient (Wildman–Crippen LogP) is 3.18. The molecule has 0 aliphatic heterocycles. The lowest BCUT2D eigenvalue weighted by Gasteiger charge is -1.97. The number of aromatic amines is 1. The first-order valence-corrected chi connectivity index (χ1v) is 5.75. The summed E-state index contributed by atoms with van der Waals surface area (Å²) in [5.74, 6) is 1.58. The Labute approximate surface area is 89.7 Å². The van der Waals surface area contributed by atoms with Crippen LogP contribution in [-0.2, 0) is 12.8 Å². The second-order valence-corrected chi connectivity index (χ2v) is 4.77. The molecular formula is C13H16N2. The summed E-state index contributed by atoms with van der Waals surface area (Å²) in [6.45, 7) is 4.34. The first kappa shape index (κ1) is 8.96. The number of H-pyrrole nitrogens is 1. The van der Waals surface area contributed by atoms with Crippen LogP contribution in [-0.4, -0.2) is 9.97 Å². The molecule has 1 aromatic heterocycles. The van der Waals surface area contributed by atoms with E-state index >= 15 is 0 Å². The van der Waals surface area contributed by atoms with Crippen LogP contribution in [0, 0.1) is 0 Å². The number of aromatic nitrogens is 2. The van der Waals surface area contributed by atoms with E-state index in [0.717, 1.165) is 11.3 Å². The molecule has 1 aliphatic carbocycles. The van der Waals surface area contributed by atoms with Crippen molar-refractivity contribution in [1.29, 1.82) is 0 Å². The van der Waals surface area contributed by atoms with Gasteiger partial charge in [0.25, 0.3) is 0 Å². The number of rotatable bonds is 1. The molecule has 2 nitrogen and oxygen atoms in total. The third kappa shape index (κ3) is 1.36. The average Bonchev–Trinajstić information content (AvgIpc) is 2.77. The molecule has 1 aromatic carbocycles. The van der Waals surface area contributed by atoms with Crippen molar-refractivity contribution < 1.29 is 0 Å². The molecule has 0 saturated heterocycles. The molecule has 0 radical (unpaired) electrons. The lowest BCUT2D eigenvalue weighted by Crippen LogP contribution is -1.88. The zero-order valence-electron chi connectivity index (χ0n) is 9.30. The first-order chi connectivity index (χ1) is 7.24. The molecule has 0 spiro atoms. The Morgan fingerprint density at radius 1 is 1.20 bits per heavy atom. The summed E-state index contributed by atoms with van der Waals surface area (Å²) in [4.78, 5) is 8.05. The second-order valence-electron chi connectivity index (χ2n) is 4.77. The number of hydrogen-bond acceptors (Lipinski definition) is 1. The molecule has 0 unspecified atom stereocenters. The number of nitrogens with zero attached hydrogens (tertiary/aromatic N) is 1. The monoisotopic (exact) mass is 200 g/mol. The molecule has 0 bridgehead atoms. The molecule has 1 N–H and O–H groups in total. The molecule has 0 atom stereocenters. The molecule has 15 heavy (non-hydrogen) atoms. The van der Waals surface area contributed by atoms with Crippen molar-refractivity contribution in [1.82, 2.24) is 9.97 Å². The largest absolute Gasteiger partial charge is 0.342 e. The Balaban J connectivity index is 2.20. The van der Waals surface area contributed by atoms with Gasteiger partial charge in [0.05, 0.1) is 11.0 Å². The fourth-order valence-electron chi connectivity index (χ4n) is 2.37. The van der Waals surface area contributed by atoms with Gasteiger partial charge in [-0.2, -0.15) is 0 Å². The maximum absolute atomic E-state index is 4.63. The van der Waals surface area contributed by atoms with Crippen molar-refractivity contribution in [3.63, 3.8) is 0 Å². The summed E-state index contributed by atoms with van der Waals surface area (Å²) < 4.78 is 0. The number of aryl methyl sites for hydroxylation is 2. The highest BCUT2D eigenvalue weighted by Gasteiger charge is 2.14. The zero-order valence-corrected chi connectivity index (χ0v) is 9.30. The predicted molar refractivity (Wildman–Crippen MR) is 62.2 cm³/mol. The van der Waals surface area contributed by atoms with E-state index in [1.807, 2.05) is 0 Å². The quantitative estimate of drug-likeness (QED) is 0.752. The lowest BCUT2D eigenvalue weighted by molar-refractivity contribution is 0.799. The molecule has 0 fully saturated rings. The summed E-state index contributed by atoms with van der Waals surface area (Å²) in [6.07, 6.45) is 3.77. The van der Waals surface area contributed by atoms with E-state index < -0.39 is 0 Å². The molecule has 2 heteroatoms. The van der Waals surface area contributed by atoms with Gasteiger partial charge >= 0.3 is 0 Å². The van der Waals surface area contributed by atoms with E-state index in [1.54, 1.807) is 0 Å². The van der Waals surface area contributed by atoms with Gasteiger partial charge in [-0.1, -0.05) is 13.8 Å². The second kappa shape index (κ2) is 3.09. The maximum Gasteiger partial charge on any atom is 0.109 e. The Bertz CT molecular complexity index is 467. The van der Waals surface area contributed by atoms with Crippen molar-refractivity contribution in [2.45, 2.75) is 39.0 Å². The number of benzene rings is 1. The molecule has 0 saturated carbocycles. The maximum atomic E-state index is 4.63. The van der Waals surface area contributed by atoms with Gasteiger partial charge in [0.1, 0.15) is 5.82 Å². The van der Waals surface area contributed by atoms with Gasteiger partial charge < -0.3 is 4.98 Å². The Morgan fingerprint density at radius 2 is 1.93 bits per heavy atom. The summed E-state index contributed by atoms with van der Waals surface area (Å²) in [6, 6.07) is 4.55. The molecule has 2 aromatic rings. The van der Waals surface area contributed by atoms with E-state index in [1.165, 1.54) is 35.9 Å². The first-order valence-electron chi connectivity index (χ1n) is 5.75. The van der Waals surface area contributed by atoms with Crippen LogP contribution in [0.1, 0.15) is 43.1 Å². The molecule has 3 rings (SSSR count). The third-order valence-electron chi connectivity index (χ3n) is 3.26. The van der Waals surface area contributed by atoms with Crippen molar-refractivity contribution in [3.05, 3.63) is 29.1 Å². The van der Waals surface area contributed by atoms with E-state index in [-0.39, 0.29) is 0 Å².